The second-order valence-corrected chi connectivity index (χ2v) is 17.3. The first-order chi connectivity index (χ1) is 31.2. The molecule has 3 nitrogen and oxygen atoms in total. The van der Waals surface area contributed by atoms with Crippen LogP contribution in [0.15, 0.2) is 212 Å². The minimum atomic E-state index is 0.628. The van der Waals surface area contributed by atoms with Gasteiger partial charge in [-0.3, -0.25) is 0 Å². The van der Waals surface area contributed by atoms with E-state index in [1.54, 1.807) is 11.3 Å². The highest BCUT2D eigenvalue weighted by Gasteiger charge is 2.23. The van der Waals surface area contributed by atoms with Crippen LogP contribution in [0.25, 0.3) is 130 Å². The second-order valence-electron chi connectivity index (χ2n) is 16.2. The summed E-state index contributed by atoms with van der Waals surface area (Å²) in [5.41, 5.74) is 7.35. The van der Waals surface area contributed by atoms with Gasteiger partial charge in [-0.1, -0.05) is 188 Å². The lowest BCUT2D eigenvalue weighted by Crippen LogP contribution is -2.03. The van der Waals surface area contributed by atoms with E-state index in [0.29, 0.717) is 17.5 Å². The highest BCUT2D eigenvalue weighted by molar-refractivity contribution is 7.26. The zero-order chi connectivity index (χ0) is 41.4. The molecule has 0 aliphatic carbocycles. The van der Waals surface area contributed by atoms with Crippen LogP contribution in [0.3, 0.4) is 0 Å². The zero-order valence-corrected chi connectivity index (χ0v) is 34.8. The molecule has 0 radical (unpaired) electrons. The van der Waals surface area contributed by atoms with Crippen LogP contribution in [0.4, 0.5) is 0 Å². The third-order valence-electron chi connectivity index (χ3n) is 12.7. The molecule has 0 atom stereocenters. The minimum Gasteiger partial charge on any atom is -0.208 e. The number of hydrogen-bond donors (Lipinski definition) is 0. The monoisotopic (exact) mass is 817 g/mol. The molecule has 4 heteroatoms. The number of nitrogens with zero attached hydrogens (tertiary/aromatic N) is 3. The molecule has 63 heavy (non-hydrogen) atoms. The standard InChI is InChI=1S/C59H35N3S/c1-6-21-41-36(16-1)32-33-48(53-35-38-18-3-5-20-40(38)43-23-8-10-25-45(43)53)55(41)59-61-57(60-58(62-59)51-30-15-29-49-47-27-13-14-31-54(47)63-56(49)51)50-28-12-11-26-46(50)52-34-37-17-2-4-19-39(37)42-22-7-9-24-44(42)52/h1-35H. The van der Waals surface area contributed by atoms with Crippen molar-refractivity contribution >= 4 is 85.4 Å². The summed E-state index contributed by atoms with van der Waals surface area (Å²) in [6.45, 7) is 0. The maximum atomic E-state index is 5.61. The molecule has 2 aromatic heterocycles. The molecular weight excluding hydrogens is 783 g/mol. The van der Waals surface area contributed by atoms with Crippen molar-refractivity contribution in [3.63, 3.8) is 0 Å². The van der Waals surface area contributed by atoms with Gasteiger partial charge in [-0.2, -0.15) is 0 Å². The molecule has 0 spiro atoms. The fourth-order valence-electron chi connectivity index (χ4n) is 9.86. The smallest absolute Gasteiger partial charge is 0.165 e. The molecule has 0 bridgehead atoms. The van der Waals surface area contributed by atoms with Crippen molar-refractivity contribution in [3.8, 4) is 56.4 Å². The Kier molecular flexibility index (Phi) is 8.08. The third kappa shape index (κ3) is 5.69. The Balaban J connectivity index is 1.14. The summed E-state index contributed by atoms with van der Waals surface area (Å²) in [5.74, 6) is 1.91. The summed E-state index contributed by atoms with van der Waals surface area (Å²) < 4.78 is 2.40. The van der Waals surface area contributed by atoms with Gasteiger partial charge in [-0.05, 0) is 100 Å². The molecule has 0 aliphatic rings. The molecule has 0 saturated heterocycles. The fraction of sp³-hybridized carbons (Fsp3) is 0. The van der Waals surface area contributed by atoms with E-state index >= 15 is 0 Å². The highest BCUT2D eigenvalue weighted by atomic mass is 32.1. The fourth-order valence-corrected chi connectivity index (χ4v) is 11.1. The lowest BCUT2D eigenvalue weighted by atomic mass is 9.88. The largest absolute Gasteiger partial charge is 0.208 e. The van der Waals surface area contributed by atoms with Crippen LogP contribution in [-0.4, -0.2) is 15.0 Å². The number of thiophene rings is 1. The number of aromatic nitrogens is 3. The van der Waals surface area contributed by atoms with E-state index in [1.807, 2.05) is 0 Å². The highest BCUT2D eigenvalue weighted by Crippen LogP contribution is 2.45. The molecule has 13 aromatic rings. The molecule has 2 heterocycles. The average Bonchev–Trinajstić information content (AvgIpc) is 3.74. The van der Waals surface area contributed by atoms with Gasteiger partial charge in [0.05, 0.1) is 0 Å². The molecule has 0 amide bonds. The van der Waals surface area contributed by atoms with Crippen LogP contribution in [0, 0.1) is 0 Å². The first kappa shape index (κ1) is 35.7. The average molecular weight is 818 g/mol. The molecule has 0 fully saturated rings. The van der Waals surface area contributed by atoms with E-state index in [4.69, 9.17) is 15.0 Å². The Morgan fingerprint density at radius 2 is 0.714 bits per heavy atom. The summed E-state index contributed by atoms with van der Waals surface area (Å²) >= 11 is 1.79. The van der Waals surface area contributed by atoms with Crippen molar-refractivity contribution in [1.82, 2.24) is 15.0 Å². The van der Waals surface area contributed by atoms with E-state index < -0.39 is 0 Å². The molecule has 13 rings (SSSR count). The predicted octanol–water partition coefficient (Wildman–Crippen LogP) is 16.3. The van der Waals surface area contributed by atoms with Gasteiger partial charge < -0.3 is 0 Å². The van der Waals surface area contributed by atoms with Gasteiger partial charge in [0.15, 0.2) is 17.5 Å². The SMILES string of the molecule is c1ccc(-c2cc3ccccc3c3ccccc23)c(-c2nc(-c3c(-c4cc5ccccc5c5ccccc45)ccc4ccccc34)nc(-c3cccc4c3sc3ccccc34)n2)c1. The van der Waals surface area contributed by atoms with Crippen molar-refractivity contribution in [3.05, 3.63) is 212 Å². The molecule has 0 unspecified atom stereocenters. The number of hydrogen-bond acceptors (Lipinski definition) is 4. The number of rotatable bonds is 5. The van der Waals surface area contributed by atoms with Crippen molar-refractivity contribution in [1.29, 1.82) is 0 Å². The van der Waals surface area contributed by atoms with Crippen LogP contribution in [0.2, 0.25) is 0 Å². The summed E-state index contributed by atoms with van der Waals surface area (Å²) in [6.07, 6.45) is 0. The summed E-state index contributed by atoms with van der Waals surface area (Å²) in [4.78, 5) is 16.7. The van der Waals surface area contributed by atoms with Crippen LogP contribution < -0.4 is 0 Å². The van der Waals surface area contributed by atoms with Crippen molar-refractivity contribution in [2.24, 2.45) is 0 Å². The normalized spacial score (nSPS) is 11.8. The maximum Gasteiger partial charge on any atom is 0.165 e. The first-order valence-corrected chi connectivity index (χ1v) is 22.2. The quantitative estimate of drug-likeness (QED) is 0.162. The van der Waals surface area contributed by atoms with Gasteiger partial charge >= 0.3 is 0 Å². The van der Waals surface area contributed by atoms with E-state index in [0.717, 1.165) is 54.4 Å². The Labute approximate surface area is 367 Å². The van der Waals surface area contributed by atoms with Gasteiger partial charge in [-0.25, -0.2) is 15.0 Å². The summed E-state index contributed by atoms with van der Waals surface area (Å²) in [7, 11) is 0. The van der Waals surface area contributed by atoms with Crippen LogP contribution in [0.5, 0.6) is 0 Å². The van der Waals surface area contributed by atoms with Crippen molar-refractivity contribution in [2.75, 3.05) is 0 Å². The topological polar surface area (TPSA) is 38.7 Å². The molecular formula is C59H35N3S. The number of fused-ring (bicyclic) bond motifs is 10. The van der Waals surface area contributed by atoms with E-state index in [1.165, 1.54) is 58.6 Å². The Bertz CT molecular complexity index is 4000. The van der Waals surface area contributed by atoms with Gasteiger partial charge in [0.1, 0.15) is 0 Å². The number of benzene rings is 11. The minimum absolute atomic E-state index is 0.628. The van der Waals surface area contributed by atoms with Gasteiger partial charge in [0, 0.05) is 36.9 Å². The molecule has 0 saturated carbocycles. The second kappa shape index (κ2) is 14.3. The summed E-state index contributed by atoms with van der Waals surface area (Å²) in [5, 5.41) is 14.3. The van der Waals surface area contributed by atoms with Crippen LogP contribution in [0.1, 0.15) is 0 Å². The molecule has 292 valence electrons. The van der Waals surface area contributed by atoms with Crippen molar-refractivity contribution < 1.29 is 0 Å². The third-order valence-corrected chi connectivity index (χ3v) is 13.9. The first-order valence-electron chi connectivity index (χ1n) is 21.4. The van der Waals surface area contributed by atoms with Crippen LogP contribution >= 0.6 is 11.3 Å². The van der Waals surface area contributed by atoms with Gasteiger partial charge in [0.25, 0.3) is 0 Å². The van der Waals surface area contributed by atoms with E-state index in [-0.39, 0.29) is 0 Å². The van der Waals surface area contributed by atoms with Gasteiger partial charge in [0.2, 0.25) is 0 Å². The molecule has 0 N–H and O–H groups in total. The van der Waals surface area contributed by atoms with Crippen LogP contribution in [-0.2, 0) is 0 Å². The molecule has 0 aliphatic heterocycles. The Morgan fingerprint density at radius 1 is 0.254 bits per heavy atom. The Hall–Kier alpha value is -8.05. The molecule has 11 aromatic carbocycles. The zero-order valence-electron chi connectivity index (χ0n) is 34.0. The lowest BCUT2D eigenvalue weighted by Gasteiger charge is -2.18. The summed E-state index contributed by atoms with van der Waals surface area (Å²) in [6, 6.07) is 76.4. The Morgan fingerprint density at radius 3 is 1.40 bits per heavy atom. The predicted molar refractivity (Wildman–Crippen MR) is 267 cm³/mol. The van der Waals surface area contributed by atoms with E-state index in [2.05, 4.69) is 212 Å². The lowest BCUT2D eigenvalue weighted by molar-refractivity contribution is 1.08. The van der Waals surface area contributed by atoms with Gasteiger partial charge in [-0.15, -0.1) is 11.3 Å². The maximum absolute atomic E-state index is 5.61. The van der Waals surface area contributed by atoms with Crippen molar-refractivity contribution in [2.45, 2.75) is 0 Å². The van der Waals surface area contributed by atoms with E-state index in [9.17, 15) is 0 Å².